The van der Waals surface area contributed by atoms with Gasteiger partial charge in [-0.25, -0.2) is 15.0 Å². The molecular formula is C20H27N9O2S. The summed E-state index contributed by atoms with van der Waals surface area (Å²) in [5.74, 6) is 0.937. The van der Waals surface area contributed by atoms with Gasteiger partial charge < -0.3 is 20.8 Å². The second-order valence-electron chi connectivity index (χ2n) is 7.94. The summed E-state index contributed by atoms with van der Waals surface area (Å²) in [6.07, 6.45) is 5.29. The molecule has 3 aromatic heterocycles. The summed E-state index contributed by atoms with van der Waals surface area (Å²) >= 11 is 1.30. The zero-order valence-electron chi connectivity index (χ0n) is 18.3. The van der Waals surface area contributed by atoms with Crippen LogP contribution in [-0.4, -0.2) is 61.3 Å². The van der Waals surface area contributed by atoms with E-state index in [9.17, 15) is 4.79 Å². The van der Waals surface area contributed by atoms with Crippen molar-refractivity contribution >= 4 is 40.7 Å². The lowest BCUT2D eigenvalue weighted by Crippen LogP contribution is -2.31. The zero-order chi connectivity index (χ0) is 22.7. The number of hydrogen-bond donors (Lipinski definition) is 4. The Kier molecular flexibility index (Phi) is 6.70. The quantitative estimate of drug-likeness (QED) is 0.305. The average molecular weight is 458 g/mol. The third-order valence-electron chi connectivity index (χ3n) is 5.36. The molecule has 1 amide bonds. The zero-order valence-corrected chi connectivity index (χ0v) is 19.1. The highest BCUT2D eigenvalue weighted by molar-refractivity contribution is 8.00. The van der Waals surface area contributed by atoms with Crippen molar-refractivity contribution in [3.05, 3.63) is 18.1 Å². The highest BCUT2D eigenvalue weighted by Gasteiger charge is 2.27. The summed E-state index contributed by atoms with van der Waals surface area (Å²) in [7, 11) is 1.58. The fourth-order valence-electron chi connectivity index (χ4n) is 3.71. The molecule has 4 heterocycles. The van der Waals surface area contributed by atoms with Gasteiger partial charge in [0, 0.05) is 11.8 Å². The van der Waals surface area contributed by atoms with Crippen LogP contribution in [0, 0.1) is 5.92 Å². The number of carbonyl (C=O) groups is 1. The molecule has 0 radical (unpaired) electrons. The van der Waals surface area contributed by atoms with Gasteiger partial charge in [0.15, 0.2) is 5.65 Å². The van der Waals surface area contributed by atoms with Gasteiger partial charge in [0.05, 0.1) is 18.7 Å². The van der Waals surface area contributed by atoms with E-state index in [0.717, 1.165) is 31.5 Å². The van der Waals surface area contributed by atoms with Crippen molar-refractivity contribution in [3.8, 4) is 5.88 Å². The minimum atomic E-state index is -0.463. The maximum atomic E-state index is 13.1. The lowest BCUT2D eigenvalue weighted by atomic mass is 9.92. The fourth-order valence-corrected chi connectivity index (χ4v) is 4.81. The molecule has 3 aromatic rings. The SMILES string of the molecule is COc1nc(NC(=O)[C@@H](Sc2nc(N)nc3nc[nH]c23)C(C)C)ncc1C1CCNCC1. The van der Waals surface area contributed by atoms with Crippen LogP contribution in [0.25, 0.3) is 11.2 Å². The number of ether oxygens (including phenoxy) is 1. The largest absolute Gasteiger partial charge is 0.481 e. The fraction of sp³-hybridized carbons (Fsp3) is 0.500. The van der Waals surface area contributed by atoms with E-state index in [0.29, 0.717) is 28.0 Å². The number of nitrogens with two attached hydrogens (primary N) is 1. The predicted molar refractivity (Wildman–Crippen MR) is 123 cm³/mol. The number of fused-ring (bicyclic) bond motifs is 1. The van der Waals surface area contributed by atoms with Crippen LogP contribution in [0.3, 0.4) is 0 Å². The molecule has 5 N–H and O–H groups in total. The average Bonchev–Trinajstić information content (AvgIpc) is 3.26. The molecule has 0 aromatic carbocycles. The Morgan fingerprint density at radius 3 is 2.75 bits per heavy atom. The number of carbonyl (C=O) groups excluding carboxylic acids is 1. The van der Waals surface area contributed by atoms with Crippen LogP contribution >= 0.6 is 11.8 Å². The third-order valence-corrected chi connectivity index (χ3v) is 6.89. The van der Waals surface area contributed by atoms with E-state index < -0.39 is 5.25 Å². The number of nitrogen functional groups attached to an aromatic ring is 1. The van der Waals surface area contributed by atoms with Gasteiger partial charge in [-0.3, -0.25) is 10.1 Å². The van der Waals surface area contributed by atoms with Gasteiger partial charge in [0.25, 0.3) is 0 Å². The summed E-state index contributed by atoms with van der Waals surface area (Å²) < 4.78 is 5.51. The van der Waals surface area contributed by atoms with Crippen LogP contribution in [-0.2, 0) is 4.79 Å². The first-order valence-electron chi connectivity index (χ1n) is 10.5. The number of nitrogens with zero attached hydrogens (tertiary/aromatic N) is 5. The minimum absolute atomic E-state index is 0.00469. The van der Waals surface area contributed by atoms with Crippen molar-refractivity contribution in [1.29, 1.82) is 0 Å². The number of imidazole rings is 1. The van der Waals surface area contributed by atoms with Crippen LogP contribution < -0.4 is 21.1 Å². The molecule has 0 unspecified atom stereocenters. The molecule has 0 saturated carbocycles. The molecule has 32 heavy (non-hydrogen) atoms. The Morgan fingerprint density at radius 1 is 1.25 bits per heavy atom. The monoisotopic (exact) mass is 457 g/mol. The number of H-pyrrole nitrogens is 1. The normalized spacial score (nSPS) is 15.8. The maximum absolute atomic E-state index is 13.1. The Bertz CT molecular complexity index is 1100. The second kappa shape index (κ2) is 9.65. The number of piperidine rings is 1. The van der Waals surface area contributed by atoms with Crippen molar-refractivity contribution in [3.63, 3.8) is 0 Å². The summed E-state index contributed by atoms with van der Waals surface area (Å²) in [4.78, 5) is 37.5. The summed E-state index contributed by atoms with van der Waals surface area (Å²) in [5.41, 5.74) is 7.89. The summed E-state index contributed by atoms with van der Waals surface area (Å²) in [6, 6.07) is 0. The van der Waals surface area contributed by atoms with Crippen molar-refractivity contribution in [2.45, 2.75) is 42.9 Å². The van der Waals surface area contributed by atoms with Gasteiger partial charge >= 0.3 is 0 Å². The molecule has 12 heteroatoms. The van der Waals surface area contributed by atoms with Crippen LogP contribution in [0.5, 0.6) is 5.88 Å². The molecule has 0 bridgehead atoms. The number of rotatable bonds is 7. The highest BCUT2D eigenvalue weighted by Crippen LogP contribution is 2.33. The van der Waals surface area contributed by atoms with Gasteiger partial charge in [-0.2, -0.15) is 9.97 Å². The van der Waals surface area contributed by atoms with Crippen molar-refractivity contribution in [1.82, 2.24) is 35.2 Å². The van der Waals surface area contributed by atoms with Gasteiger partial charge in [-0.05, 0) is 37.8 Å². The van der Waals surface area contributed by atoms with Gasteiger partial charge in [0.1, 0.15) is 10.5 Å². The van der Waals surface area contributed by atoms with Crippen LogP contribution in [0.4, 0.5) is 11.9 Å². The van der Waals surface area contributed by atoms with E-state index >= 15 is 0 Å². The molecule has 1 saturated heterocycles. The molecule has 1 atom stereocenters. The number of aromatic nitrogens is 6. The van der Waals surface area contributed by atoms with E-state index in [1.165, 1.54) is 18.1 Å². The molecule has 11 nitrogen and oxygen atoms in total. The lowest BCUT2D eigenvalue weighted by Gasteiger charge is -2.24. The topological polar surface area (TPSA) is 157 Å². The predicted octanol–water partition coefficient (Wildman–Crippen LogP) is 1.96. The standard InChI is InChI=1S/C20H27N9O2S/c1-10(2)14(32-18-13-15(25-9-24-13)26-19(21)29-18)16(30)27-20-23-8-12(17(28-20)31-3)11-4-6-22-7-5-11/h8-11,14,22H,4-7H2,1-3H3,(H,23,27,28,30)(H3,21,24,25,26,29)/t14-/m0/s1. The van der Waals surface area contributed by atoms with E-state index in [2.05, 4.69) is 40.5 Å². The summed E-state index contributed by atoms with van der Waals surface area (Å²) in [6.45, 7) is 5.84. The molecule has 1 fully saturated rings. The van der Waals surface area contributed by atoms with Crippen molar-refractivity contribution < 1.29 is 9.53 Å². The second-order valence-corrected chi connectivity index (χ2v) is 9.07. The van der Waals surface area contributed by atoms with Gasteiger partial charge in [-0.1, -0.05) is 25.6 Å². The van der Waals surface area contributed by atoms with Gasteiger partial charge in [0.2, 0.25) is 23.7 Å². The molecule has 0 spiro atoms. The highest BCUT2D eigenvalue weighted by atomic mass is 32.2. The smallest absolute Gasteiger partial charge is 0.240 e. The molecule has 1 aliphatic rings. The lowest BCUT2D eigenvalue weighted by molar-refractivity contribution is -0.116. The Labute approximate surface area is 189 Å². The van der Waals surface area contributed by atoms with Crippen molar-refractivity contribution in [2.75, 3.05) is 31.2 Å². The van der Waals surface area contributed by atoms with Crippen LogP contribution in [0.1, 0.15) is 38.2 Å². The molecule has 0 aliphatic carbocycles. The number of nitrogens with one attached hydrogen (secondary N) is 3. The number of thioether (sulfide) groups is 1. The van der Waals surface area contributed by atoms with Crippen LogP contribution in [0.15, 0.2) is 17.6 Å². The van der Waals surface area contributed by atoms with Crippen LogP contribution in [0.2, 0.25) is 0 Å². The number of anilines is 2. The Balaban J connectivity index is 1.53. The number of amides is 1. The number of hydrogen-bond acceptors (Lipinski definition) is 10. The first-order chi connectivity index (χ1) is 15.5. The Hall–Kier alpha value is -2.99. The molecule has 4 rings (SSSR count). The molecular weight excluding hydrogens is 430 g/mol. The Morgan fingerprint density at radius 2 is 2.03 bits per heavy atom. The number of methoxy groups -OCH3 is 1. The summed E-state index contributed by atoms with van der Waals surface area (Å²) in [5, 5.41) is 6.29. The van der Waals surface area contributed by atoms with Crippen molar-refractivity contribution in [2.24, 2.45) is 5.92 Å². The first kappa shape index (κ1) is 22.2. The van der Waals surface area contributed by atoms with E-state index in [-0.39, 0.29) is 23.7 Å². The van der Waals surface area contributed by atoms with E-state index in [1.54, 1.807) is 13.3 Å². The maximum Gasteiger partial charge on any atom is 0.240 e. The molecule has 170 valence electrons. The van der Waals surface area contributed by atoms with E-state index in [4.69, 9.17) is 10.5 Å². The molecule has 1 aliphatic heterocycles. The van der Waals surface area contributed by atoms with Gasteiger partial charge in [-0.15, -0.1) is 0 Å². The minimum Gasteiger partial charge on any atom is -0.481 e. The first-order valence-corrected chi connectivity index (χ1v) is 11.4. The van der Waals surface area contributed by atoms with E-state index in [1.807, 2.05) is 13.8 Å². The number of aromatic amines is 1. The third kappa shape index (κ3) is 4.75.